The number of carbonyl (C=O) groups excluding carboxylic acids is 2. The van der Waals surface area contributed by atoms with Crippen molar-refractivity contribution in [2.45, 2.75) is 23.9 Å². The number of ether oxygens (including phenoxy) is 4. The van der Waals surface area contributed by atoms with E-state index in [2.05, 4.69) is 12.1 Å². The Hall–Kier alpha value is -8.08. The fourth-order valence-electron chi connectivity index (χ4n) is 8.19. The number of hydrogen-bond donors (Lipinski definition) is 0. The average molecular weight is 805 g/mol. The Morgan fingerprint density at radius 1 is 0.525 bits per heavy atom. The Balaban J connectivity index is 1.23. The molecule has 0 spiro atoms. The van der Waals surface area contributed by atoms with Gasteiger partial charge < -0.3 is 18.9 Å². The number of fused-ring (bicyclic) bond motifs is 2. The van der Waals surface area contributed by atoms with Gasteiger partial charge in [-0.2, -0.15) is 10.5 Å². The van der Waals surface area contributed by atoms with E-state index in [4.69, 9.17) is 18.9 Å². The summed E-state index contributed by atoms with van der Waals surface area (Å²) < 4.78 is 24.1. The highest BCUT2D eigenvalue weighted by Crippen LogP contribution is 2.47. The zero-order valence-corrected chi connectivity index (χ0v) is 33.7. The first-order chi connectivity index (χ1) is 29.8. The van der Waals surface area contributed by atoms with Gasteiger partial charge in [-0.25, -0.2) is 0 Å². The maximum Gasteiger partial charge on any atom is 0.259 e. The molecule has 8 rings (SSSR count). The predicted molar refractivity (Wildman–Crippen MR) is 231 cm³/mol. The number of rotatable bonds is 11. The summed E-state index contributed by atoms with van der Waals surface area (Å²) in [7, 11) is 4.57. The van der Waals surface area contributed by atoms with Crippen molar-refractivity contribution in [3.05, 3.63) is 196 Å². The van der Waals surface area contributed by atoms with E-state index >= 15 is 0 Å². The van der Waals surface area contributed by atoms with Crippen molar-refractivity contribution < 1.29 is 28.5 Å². The molecular formula is C51H40N4O6. The van der Waals surface area contributed by atoms with E-state index in [0.29, 0.717) is 62.1 Å². The van der Waals surface area contributed by atoms with Crippen molar-refractivity contribution in [2.24, 2.45) is 0 Å². The molecule has 0 bridgehead atoms. The molecule has 0 radical (unpaired) electrons. The fraction of sp³-hybridized carbons (Fsp3) is 0.137. The summed E-state index contributed by atoms with van der Waals surface area (Å²) >= 11 is 0. The summed E-state index contributed by atoms with van der Waals surface area (Å²) in [6.07, 6.45) is 7.09. The highest BCUT2D eigenvalue weighted by molar-refractivity contribution is 5.97. The van der Waals surface area contributed by atoms with Crippen LogP contribution in [0.15, 0.2) is 152 Å². The van der Waals surface area contributed by atoms with Gasteiger partial charge >= 0.3 is 0 Å². The number of nitrogens with zero attached hydrogens (tertiary/aromatic N) is 4. The van der Waals surface area contributed by atoms with Crippen LogP contribution in [0.3, 0.4) is 0 Å². The second-order valence-corrected chi connectivity index (χ2v) is 14.6. The number of methoxy groups -OCH3 is 3. The van der Waals surface area contributed by atoms with E-state index in [1.54, 1.807) is 85.2 Å². The van der Waals surface area contributed by atoms with Crippen molar-refractivity contribution in [3.8, 4) is 40.9 Å². The molecule has 2 aliphatic rings. The Kier molecular flexibility index (Phi) is 10.8. The Labute approximate surface area is 354 Å². The maximum absolute atomic E-state index is 14.3. The highest BCUT2D eigenvalue weighted by Gasteiger charge is 2.46. The average Bonchev–Trinajstić information content (AvgIpc) is 3.32. The van der Waals surface area contributed by atoms with Crippen LogP contribution in [0.2, 0.25) is 0 Å². The van der Waals surface area contributed by atoms with Crippen LogP contribution >= 0.6 is 0 Å². The van der Waals surface area contributed by atoms with Gasteiger partial charge in [-0.3, -0.25) is 19.4 Å². The lowest BCUT2D eigenvalue weighted by molar-refractivity contribution is 0.0688. The molecule has 0 saturated heterocycles. The zero-order chi connectivity index (χ0) is 42.6. The minimum atomic E-state index is -1.53. The summed E-state index contributed by atoms with van der Waals surface area (Å²) in [5, 5.41) is 22.4. The smallest absolute Gasteiger partial charge is 0.259 e. The third-order valence-corrected chi connectivity index (χ3v) is 11.2. The third-order valence-electron chi connectivity index (χ3n) is 11.2. The number of hydrogen-bond acceptors (Lipinski definition) is 8. The molecule has 10 nitrogen and oxygen atoms in total. The summed E-state index contributed by atoms with van der Waals surface area (Å²) in [6.45, 7) is 0. The van der Waals surface area contributed by atoms with Gasteiger partial charge in [0.2, 0.25) is 0 Å². The molecule has 6 aromatic carbocycles. The molecule has 2 aliphatic heterocycles. The molecule has 2 amide bonds. The quantitative estimate of drug-likeness (QED) is 0.127. The predicted octanol–water partition coefficient (Wildman–Crippen LogP) is 9.68. The Morgan fingerprint density at radius 2 is 1.00 bits per heavy atom. The molecule has 0 N–H and O–H groups in total. The van der Waals surface area contributed by atoms with Gasteiger partial charge in [0.05, 0.1) is 33.5 Å². The van der Waals surface area contributed by atoms with Crippen molar-refractivity contribution in [1.82, 2.24) is 9.80 Å². The first-order valence-corrected chi connectivity index (χ1v) is 19.5. The molecule has 300 valence electrons. The third kappa shape index (κ3) is 7.11. The molecule has 0 aliphatic carbocycles. The maximum atomic E-state index is 14.3. The van der Waals surface area contributed by atoms with Crippen molar-refractivity contribution in [2.75, 3.05) is 21.3 Å². The number of benzene rings is 6. The lowest BCUT2D eigenvalue weighted by Gasteiger charge is -2.41. The molecule has 0 unspecified atom stereocenters. The van der Waals surface area contributed by atoms with Crippen LogP contribution in [0.4, 0.5) is 0 Å². The van der Waals surface area contributed by atoms with E-state index in [1.807, 2.05) is 78.9 Å². The van der Waals surface area contributed by atoms with Crippen molar-refractivity contribution >= 4 is 24.0 Å². The fourth-order valence-corrected chi connectivity index (χ4v) is 8.19. The lowest BCUT2D eigenvalue weighted by atomic mass is 9.78. The summed E-state index contributed by atoms with van der Waals surface area (Å²) in [5.74, 6) is 1.08. The van der Waals surface area contributed by atoms with Crippen LogP contribution in [0.1, 0.15) is 54.1 Å². The number of nitriles is 2. The molecule has 0 fully saturated rings. The molecule has 61 heavy (non-hydrogen) atoms. The Bertz CT molecular complexity index is 2790. The number of amides is 2. The van der Waals surface area contributed by atoms with Crippen LogP contribution in [0.25, 0.3) is 12.2 Å². The second kappa shape index (κ2) is 16.6. The SMILES string of the molecule is COc1cc(C[C@]2(C#N)c3ccccc3C=CN2C(=O)c2ccccc2)c(Oc2cc(C[C@]3(C#N)c4ccccc4C=CN3C(=O)c3ccccc3)ccc2OC)cc1OC. The van der Waals surface area contributed by atoms with Gasteiger partial charge in [0.25, 0.3) is 11.8 Å². The minimum Gasteiger partial charge on any atom is -0.493 e. The Morgan fingerprint density at radius 3 is 1.51 bits per heavy atom. The molecule has 2 atom stereocenters. The summed E-state index contributed by atoms with van der Waals surface area (Å²) in [5.41, 5.74) is 2.05. The highest BCUT2D eigenvalue weighted by atomic mass is 16.5. The van der Waals surface area contributed by atoms with Gasteiger partial charge in [0, 0.05) is 48.0 Å². The number of carbonyl (C=O) groups is 2. The monoisotopic (exact) mass is 804 g/mol. The minimum absolute atomic E-state index is 0.0155. The van der Waals surface area contributed by atoms with E-state index < -0.39 is 11.1 Å². The molecule has 2 heterocycles. The van der Waals surface area contributed by atoms with Crippen molar-refractivity contribution in [1.29, 1.82) is 10.5 Å². The topological polar surface area (TPSA) is 125 Å². The lowest BCUT2D eigenvalue weighted by Crippen LogP contribution is -2.49. The van der Waals surface area contributed by atoms with Crippen molar-refractivity contribution in [3.63, 3.8) is 0 Å². The van der Waals surface area contributed by atoms with Gasteiger partial charge in [-0.1, -0.05) is 91.0 Å². The summed E-state index contributed by atoms with van der Waals surface area (Å²) in [6, 6.07) is 46.7. The normalized spacial score (nSPS) is 17.3. The van der Waals surface area contributed by atoms with E-state index in [9.17, 15) is 20.1 Å². The molecule has 6 aromatic rings. The van der Waals surface area contributed by atoms with Gasteiger partial charge in [-0.15, -0.1) is 0 Å². The molecular weight excluding hydrogens is 765 g/mol. The summed E-state index contributed by atoms with van der Waals surface area (Å²) in [4.78, 5) is 31.5. The standard InChI is InChI=1S/C51H40N4O6/c1-58-43-23-22-35(31-50(33-52)41-20-12-10-14-36(41)24-26-54(50)48(56)38-16-6-4-7-17-38)28-47(43)61-44-30-46(60-3)45(59-2)29-40(44)32-51(34-53)42-21-13-11-15-37(42)25-27-55(51)49(57)39-18-8-5-9-19-39/h4-30H,31-32H2,1-3H3/t50-,51-/m0/s1. The van der Waals surface area contributed by atoms with Crippen LogP contribution in [0, 0.1) is 22.7 Å². The van der Waals surface area contributed by atoms with Crippen LogP contribution < -0.4 is 18.9 Å². The van der Waals surface area contributed by atoms with E-state index in [1.165, 1.54) is 31.1 Å². The molecule has 0 saturated carbocycles. The first kappa shape index (κ1) is 39.7. The largest absolute Gasteiger partial charge is 0.493 e. The van der Waals surface area contributed by atoms with Gasteiger partial charge in [0.1, 0.15) is 5.75 Å². The van der Waals surface area contributed by atoms with Crippen LogP contribution in [0.5, 0.6) is 28.7 Å². The van der Waals surface area contributed by atoms with Gasteiger partial charge in [-0.05, 0) is 82.4 Å². The van der Waals surface area contributed by atoms with Crippen LogP contribution in [-0.2, 0) is 23.9 Å². The van der Waals surface area contributed by atoms with E-state index in [-0.39, 0.29) is 24.7 Å². The van der Waals surface area contributed by atoms with Gasteiger partial charge in [0.15, 0.2) is 34.1 Å². The molecule has 10 heteroatoms. The first-order valence-electron chi connectivity index (χ1n) is 19.5. The van der Waals surface area contributed by atoms with E-state index in [0.717, 1.165) is 11.1 Å². The zero-order valence-electron chi connectivity index (χ0n) is 33.7. The van der Waals surface area contributed by atoms with Crippen LogP contribution in [-0.4, -0.2) is 42.9 Å². The second-order valence-electron chi connectivity index (χ2n) is 14.6. The molecule has 0 aromatic heterocycles.